The summed E-state index contributed by atoms with van der Waals surface area (Å²) >= 11 is 4.00. The summed E-state index contributed by atoms with van der Waals surface area (Å²) < 4.78 is 0. The molecule has 0 aromatic carbocycles. The molecule has 1 amide bonds. The van der Waals surface area contributed by atoms with Gasteiger partial charge in [0.15, 0.2) is 0 Å². The van der Waals surface area contributed by atoms with Gasteiger partial charge in [0.1, 0.15) is 0 Å². The highest BCUT2D eigenvalue weighted by Gasteiger charge is 2.22. The van der Waals surface area contributed by atoms with E-state index in [1.165, 1.54) is 6.21 Å². The van der Waals surface area contributed by atoms with E-state index >= 15 is 0 Å². The third kappa shape index (κ3) is 1.05. The standard InChI is InChI=1S/C5H7N3OS/c1-3-4(10)2-7-8(6)5(3)9/h2,4,10H,1,6H2. The molecule has 0 bridgehead atoms. The number of hydrazone groups is 1. The van der Waals surface area contributed by atoms with E-state index in [1.54, 1.807) is 0 Å². The van der Waals surface area contributed by atoms with E-state index in [4.69, 9.17) is 5.84 Å². The first-order valence-corrected chi connectivity index (χ1v) is 3.14. The summed E-state index contributed by atoms with van der Waals surface area (Å²) in [4.78, 5) is 10.9. The minimum absolute atomic E-state index is 0.299. The highest BCUT2D eigenvalue weighted by molar-refractivity contribution is 7.82. The van der Waals surface area contributed by atoms with Crippen molar-refractivity contribution < 1.29 is 4.79 Å². The lowest BCUT2D eigenvalue weighted by Gasteiger charge is -2.18. The highest BCUT2D eigenvalue weighted by atomic mass is 32.1. The molecule has 1 aliphatic heterocycles. The van der Waals surface area contributed by atoms with E-state index in [2.05, 4.69) is 24.3 Å². The van der Waals surface area contributed by atoms with Crippen molar-refractivity contribution in [3.05, 3.63) is 12.2 Å². The molecule has 1 atom stereocenters. The van der Waals surface area contributed by atoms with Gasteiger partial charge in [-0.25, -0.2) is 5.84 Å². The van der Waals surface area contributed by atoms with Gasteiger partial charge in [0, 0.05) is 11.8 Å². The lowest BCUT2D eigenvalue weighted by Crippen LogP contribution is -2.39. The Bertz CT molecular complexity index is 191. The SMILES string of the molecule is C=C1C(=O)N(N)N=CC1S. The van der Waals surface area contributed by atoms with Crippen molar-refractivity contribution in [1.29, 1.82) is 0 Å². The van der Waals surface area contributed by atoms with E-state index < -0.39 is 0 Å². The number of hydrogen-bond acceptors (Lipinski definition) is 4. The zero-order valence-corrected chi connectivity index (χ0v) is 6.08. The fourth-order valence-corrected chi connectivity index (χ4v) is 0.721. The van der Waals surface area contributed by atoms with E-state index in [0.29, 0.717) is 5.57 Å². The van der Waals surface area contributed by atoms with Crippen molar-refractivity contribution in [3.8, 4) is 0 Å². The molecule has 10 heavy (non-hydrogen) atoms. The third-order valence-electron chi connectivity index (χ3n) is 1.17. The number of hydrogen-bond donors (Lipinski definition) is 2. The summed E-state index contributed by atoms with van der Waals surface area (Å²) in [5.74, 6) is 4.74. The van der Waals surface area contributed by atoms with Crippen LogP contribution in [0.15, 0.2) is 17.3 Å². The predicted octanol–water partition coefficient (Wildman–Crippen LogP) is -0.457. The highest BCUT2D eigenvalue weighted by Crippen LogP contribution is 2.11. The van der Waals surface area contributed by atoms with Gasteiger partial charge in [0.25, 0.3) is 5.91 Å². The molecule has 2 N–H and O–H groups in total. The van der Waals surface area contributed by atoms with Gasteiger partial charge < -0.3 is 0 Å². The average Bonchev–Trinajstić information content (AvgIpc) is 1.93. The summed E-state index contributed by atoms with van der Waals surface area (Å²) in [5.41, 5.74) is 0.348. The maximum Gasteiger partial charge on any atom is 0.285 e. The number of nitrogens with zero attached hydrogens (tertiary/aromatic N) is 2. The number of amides is 1. The smallest absolute Gasteiger partial charge is 0.266 e. The number of carbonyl (C=O) groups is 1. The molecule has 0 radical (unpaired) electrons. The van der Waals surface area contributed by atoms with Crippen molar-refractivity contribution in [2.45, 2.75) is 5.25 Å². The van der Waals surface area contributed by atoms with E-state index in [0.717, 1.165) is 5.12 Å². The zero-order valence-electron chi connectivity index (χ0n) is 5.19. The van der Waals surface area contributed by atoms with Crippen LogP contribution >= 0.6 is 12.6 Å². The van der Waals surface area contributed by atoms with Gasteiger partial charge in [0.05, 0.1) is 5.25 Å². The summed E-state index contributed by atoms with van der Waals surface area (Å²) in [5, 5.41) is 3.99. The largest absolute Gasteiger partial charge is 0.285 e. The number of nitrogens with two attached hydrogens (primary N) is 1. The van der Waals surface area contributed by atoms with Crippen LogP contribution in [0.3, 0.4) is 0 Å². The first kappa shape index (κ1) is 7.30. The number of hydrazine groups is 1. The van der Waals surface area contributed by atoms with Gasteiger partial charge in [-0.2, -0.15) is 22.8 Å². The zero-order chi connectivity index (χ0) is 7.72. The lowest BCUT2D eigenvalue weighted by molar-refractivity contribution is -0.127. The van der Waals surface area contributed by atoms with Crippen molar-refractivity contribution >= 4 is 24.8 Å². The fraction of sp³-hybridized carbons (Fsp3) is 0.200. The van der Waals surface area contributed by atoms with Crippen molar-refractivity contribution in [2.75, 3.05) is 0 Å². The molecule has 0 aromatic heterocycles. The Morgan fingerprint density at radius 2 is 2.50 bits per heavy atom. The summed E-state index contributed by atoms with van der Waals surface area (Å²) in [6, 6.07) is 0. The molecule has 0 saturated heterocycles. The van der Waals surface area contributed by atoms with Gasteiger partial charge in [-0.1, -0.05) is 6.58 Å². The van der Waals surface area contributed by atoms with Crippen LogP contribution in [0.5, 0.6) is 0 Å². The van der Waals surface area contributed by atoms with Crippen molar-refractivity contribution in [2.24, 2.45) is 10.9 Å². The Morgan fingerprint density at radius 3 is 3.00 bits per heavy atom. The molecule has 0 aromatic rings. The van der Waals surface area contributed by atoms with Gasteiger partial charge in [-0.3, -0.25) is 4.79 Å². The molecule has 5 heteroatoms. The van der Waals surface area contributed by atoms with Crippen LogP contribution in [-0.4, -0.2) is 22.5 Å². The first-order chi connectivity index (χ1) is 4.63. The topological polar surface area (TPSA) is 58.7 Å². The quantitative estimate of drug-likeness (QED) is 0.216. The number of carbonyl (C=O) groups excluding carboxylic acids is 1. The first-order valence-electron chi connectivity index (χ1n) is 2.63. The summed E-state index contributed by atoms with van der Waals surface area (Å²) in [6.45, 7) is 3.49. The average molecular weight is 157 g/mol. The molecule has 0 aliphatic carbocycles. The normalized spacial score (nSPS) is 25.8. The predicted molar refractivity (Wildman–Crippen MR) is 41.4 cm³/mol. The molecule has 54 valence electrons. The number of thiol groups is 1. The van der Waals surface area contributed by atoms with E-state index in [9.17, 15) is 4.79 Å². The maximum atomic E-state index is 10.9. The molecule has 0 fully saturated rings. The van der Waals surface area contributed by atoms with Crippen LogP contribution in [0.4, 0.5) is 0 Å². The summed E-state index contributed by atoms with van der Waals surface area (Å²) in [7, 11) is 0. The summed E-state index contributed by atoms with van der Waals surface area (Å²) in [6.07, 6.45) is 1.45. The number of rotatable bonds is 0. The van der Waals surface area contributed by atoms with E-state index in [1.807, 2.05) is 0 Å². The van der Waals surface area contributed by atoms with Gasteiger partial charge in [-0.05, 0) is 0 Å². The third-order valence-corrected chi connectivity index (χ3v) is 1.62. The van der Waals surface area contributed by atoms with Crippen LogP contribution in [0.1, 0.15) is 0 Å². The minimum atomic E-state index is -0.387. The van der Waals surface area contributed by atoms with Gasteiger partial charge in [-0.15, -0.1) is 0 Å². The lowest BCUT2D eigenvalue weighted by atomic mass is 10.2. The molecular formula is C5H7N3OS. The molecule has 1 unspecified atom stereocenters. The van der Waals surface area contributed by atoms with Crippen molar-refractivity contribution in [3.63, 3.8) is 0 Å². The second-order valence-corrected chi connectivity index (χ2v) is 2.44. The maximum absolute atomic E-state index is 10.9. The molecule has 0 spiro atoms. The van der Waals surface area contributed by atoms with Gasteiger partial charge in [0.2, 0.25) is 0 Å². The Kier molecular flexibility index (Phi) is 1.78. The molecule has 0 saturated carbocycles. The minimum Gasteiger partial charge on any atom is -0.266 e. The van der Waals surface area contributed by atoms with Crippen LogP contribution in [0, 0.1) is 0 Å². The van der Waals surface area contributed by atoms with Crippen LogP contribution in [-0.2, 0) is 4.79 Å². The van der Waals surface area contributed by atoms with Gasteiger partial charge >= 0.3 is 0 Å². The molecule has 1 rings (SSSR count). The second kappa shape index (κ2) is 2.43. The fourth-order valence-electron chi connectivity index (χ4n) is 0.551. The Labute approximate surface area is 63.8 Å². The van der Waals surface area contributed by atoms with E-state index in [-0.39, 0.29) is 11.2 Å². The Hall–Kier alpha value is -0.810. The molecule has 1 heterocycles. The van der Waals surface area contributed by atoms with Crippen LogP contribution in [0.2, 0.25) is 0 Å². The monoisotopic (exact) mass is 157 g/mol. The Morgan fingerprint density at radius 1 is 1.90 bits per heavy atom. The molecule has 4 nitrogen and oxygen atoms in total. The van der Waals surface area contributed by atoms with Crippen LogP contribution in [0.25, 0.3) is 0 Å². The van der Waals surface area contributed by atoms with Crippen molar-refractivity contribution in [1.82, 2.24) is 5.12 Å². The molecule has 1 aliphatic rings. The van der Waals surface area contributed by atoms with Crippen LogP contribution < -0.4 is 5.84 Å². The second-order valence-electron chi connectivity index (χ2n) is 1.88. The Balaban J connectivity index is 2.89. The molecular weight excluding hydrogens is 150 g/mol.